The quantitative estimate of drug-likeness (QED) is 0.124. The molecule has 1 aromatic heterocycles. The van der Waals surface area contributed by atoms with E-state index in [-0.39, 0.29) is 16.9 Å². The van der Waals surface area contributed by atoms with Gasteiger partial charge in [-0.05, 0) is 109 Å². The molecule has 2 aliphatic rings. The van der Waals surface area contributed by atoms with E-state index in [1.165, 1.54) is 45.8 Å². The first kappa shape index (κ1) is 34.2. The fourth-order valence-electron chi connectivity index (χ4n) is 10.3. The first-order valence-electron chi connectivity index (χ1n) is 17.3. The highest BCUT2D eigenvalue weighted by molar-refractivity contribution is 14.1. The third-order valence-electron chi connectivity index (χ3n) is 12.5. The topological polar surface area (TPSA) is 23.4 Å². The Morgan fingerprint density at radius 1 is 0.977 bits per heavy atom. The van der Waals surface area contributed by atoms with E-state index >= 15 is 0 Å². The second-order valence-electron chi connectivity index (χ2n) is 15.5. The molecule has 1 saturated carbocycles. The molecule has 2 aliphatic carbocycles. The number of hydrogen-bond donors (Lipinski definition) is 0. The molecule has 0 radical (unpaired) electrons. The van der Waals surface area contributed by atoms with Gasteiger partial charge >= 0.3 is 0 Å². The molecule has 4 atom stereocenters. The molecule has 0 aliphatic heterocycles. The van der Waals surface area contributed by atoms with Crippen LogP contribution >= 0.6 is 22.6 Å². The molecule has 1 fully saturated rings. The largest absolute Gasteiger partial charge is 0.412 e. The van der Waals surface area contributed by atoms with Crippen molar-refractivity contribution in [1.82, 2.24) is 4.57 Å². The minimum Gasteiger partial charge on any atom is -0.412 e. The molecule has 5 rings (SSSR count). The summed E-state index contributed by atoms with van der Waals surface area (Å²) in [6.07, 6.45) is 6.12. The van der Waals surface area contributed by atoms with Crippen molar-refractivity contribution in [2.45, 2.75) is 136 Å². The van der Waals surface area contributed by atoms with Crippen molar-refractivity contribution in [3.05, 3.63) is 53.1 Å². The summed E-state index contributed by atoms with van der Waals surface area (Å²) in [5, 5.41) is 2.69. The van der Waals surface area contributed by atoms with Crippen LogP contribution in [0.15, 0.2) is 42.0 Å². The van der Waals surface area contributed by atoms with E-state index in [1.54, 1.807) is 11.1 Å². The predicted molar refractivity (Wildman–Crippen MR) is 202 cm³/mol. The van der Waals surface area contributed by atoms with Gasteiger partial charge < -0.3 is 13.7 Å². The van der Waals surface area contributed by atoms with E-state index in [4.69, 9.17) is 9.16 Å². The summed E-state index contributed by atoms with van der Waals surface area (Å²) >= 11 is 2.68. The first-order valence-corrected chi connectivity index (χ1v) is 20.9. The number of aromatic nitrogens is 1. The molecule has 0 spiro atoms. The van der Waals surface area contributed by atoms with Crippen molar-refractivity contribution in [3.8, 4) is 0 Å². The number of fused-ring (bicyclic) bond motifs is 6. The molecule has 242 valence electrons. The molecule has 1 heterocycles. The monoisotopic (exact) mass is 727 g/mol. The lowest BCUT2D eigenvalue weighted by Gasteiger charge is -2.61. The standard InChI is InChI=1S/C39H58INO2Si/c1-25(2)30-18-19-38(10)29(9)16-17-37(43-44(26(3)4,27(5)6)28(7)8)39(38,20-21-40)34-22-33-31-14-12-13-15-35(31)41(24-42-11)36(33)23-32(30)34/h12-15,22-23,26-29,37H,16-21,24H2,1-11H3/t29-,37-,38+,39-/m1/s1. The average molecular weight is 728 g/mol. The number of halogens is 1. The lowest BCUT2D eigenvalue weighted by Crippen LogP contribution is -2.63. The lowest BCUT2D eigenvalue weighted by molar-refractivity contribution is -0.0794. The number of nitrogens with zero attached hydrogens (tertiary/aromatic N) is 1. The summed E-state index contributed by atoms with van der Waals surface area (Å²) in [5.74, 6) is 0.633. The normalized spacial score (nSPS) is 26.1. The minimum atomic E-state index is -2.14. The van der Waals surface area contributed by atoms with Crippen LogP contribution in [0.4, 0.5) is 0 Å². The molecule has 3 nitrogen and oxygen atoms in total. The number of methoxy groups -OCH3 is 1. The van der Waals surface area contributed by atoms with Crippen molar-refractivity contribution in [3.63, 3.8) is 0 Å². The van der Waals surface area contributed by atoms with Crippen LogP contribution in [0.2, 0.25) is 16.6 Å². The molecule has 0 unspecified atom stereocenters. The number of benzene rings is 2. The zero-order chi connectivity index (χ0) is 32.2. The highest BCUT2D eigenvalue weighted by Crippen LogP contribution is 2.65. The number of alkyl halides is 1. The summed E-state index contributed by atoms with van der Waals surface area (Å²) < 4.78 is 17.4. The average Bonchev–Trinajstić information content (AvgIpc) is 3.20. The third-order valence-corrected chi connectivity index (χ3v) is 19.2. The smallest absolute Gasteiger partial charge is 0.200 e. The summed E-state index contributed by atoms with van der Waals surface area (Å²) in [4.78, 5) is 0. The van der Waals surface area contributed by atoms with Gasteiger partial charge in [0.15, 0.2) is 0 Å². The van der Waals surface area contributed by atoms with E-state index in [9.17, 15) is 0 Å². The fraction of sp³-hybridized carbons (Fsp3) is 0.641. The SMILES string of the molecule is COCn1c2ccccc2c2cc3c(cc21)C(=C(C)C)CC[C@@]1(C)[C@H](C)CC[C@@H](O[Si](C(C)C)(C(C)C)C(C)C)[C@@]31CCI. The van der Waals surface area contributed by atoms with Crippen LogP contribution in [0.3, 0.4) is 0 Å². The molecule has 3 aromatic rings. The van der Waals surface area contributed by atoms with Gasteiger partial charge in [0.25, 0.3) is 0 Å². The molecule has 0 amide bonds. The Balaban J connectivity index is 1.93. The van der Waals surface area contributed by atoms with Gasteiger partial charge in [-0.1, -0.05) is 102 Å². The van der Waals surface area contributed by atoms with Crippen LogP contribution in [-0.2, 0) is 21.3 Å². The van der Waals surface area contributed by atoms with Gasteiger partial charge in [-0.3, -0.25) is 0 Å². The maximum Gasteiger partial charge on any atom is 0.200 e. The Bertz CT molecular complexity index is 1510. The summed E-state index contributed by atoms with van der Waals surface area (Å²) in [6, 6.07) is 14.1. The van der Waals surface area contributed by atoms with Crippen LogP contribution < -0.4 is 0 Å². The van der Waals surface area contributed by atoms with Gasteiger partial charge in [-0.2, -0.15) is 0 Å². The van der Waals surface area contributed by atoms with Crippen molar-refractivity contribution >= 4 is 58.3 Å². The Labute approximate surface area is 282 Å². The van der Waals surface area contributed by atoms with Crippen LogP contribution in [0, 0.1) is 11.3 Å². The van der Waals surface area contributed by atoms with Crippen LogP contribution in [0.5, 0.6) is 0 Å². The molecular weight excluding hydrogens is 669 g/mol. The minimum absolute atomic E-state index is 0.0615. The number of allylic oxidation sites excluding steroid dienone is 2. The van der Waals surface area contributed by atoms with Crippen molar-refractivity contribution in [1.29, 1.82) is 0 Å². The lowest BCUT2D eigenvalue weighted by atomic mass is 9.47. The van der Waals surface area contributed by atoms with E-state index in [1.807, 2.05) is 7.11 Å². The van der Waals surface area contributed by atoms with E-state index in [2.05, 4.69) is 133 Å². The molecule has 0 bridgehead atoms. The molecule has 0 N–H and O–H groups in total. The Kier molecular flexibility index (Phi) is 9.95. The zero-order valence-electron chi connectivity index (χ0n) is 29.4. The van der Waals surface area contributed by atoms with Gasteiger partial charge in [-0.25, -0.2) is 0 Å². The van der Waals surface area contributed by atoms with E-state index < -0.39 is 8.32 Å². The third kappa shape index (κ3) is 5.00. The van der Waals surface area contributed by atoms with Gasteiger partial charge in [0.05, 0.1) is 17.1 Å². The summed E-state index contributed by atoms with van der Waals surface area (Å²) in [6.45, 7) is 25.2. The van der Waals surface area contributed by atoms with Crippen LogP contribution in [0.25, 0.3) is 27.4 Å². The predicted octanol–water partition coefficient (Wildman–Crippen LogP) is 12.0. The fourth-order valence-corrected chi connectivity index (χ4v) is 16.8. The van der Waals surface area contributed by atoms with Gasteiger partial charge in [0.1, 0.15) is 6.73 Å². The van der Waals surface area contributed by atoms with Crippen LogP contribution in [-0.4, -0.2) is 30.5 Å². The second-order valence-corrected chi connectivity index (χ2v) is 22.0. The Morgan fingerprint density at radius 2 is 1.64 bits per heavy atom. The molecule has 0 saturated heterocycles. The summed E-state index contributed by atoms with van der Waals surface area (Å²) in [7, 11) is -0.326. The number of para-hydroxylation sites is 1. The molecular formula is C39H58INO2Si. The number of hydrogen-bond acceptors (Lipinski definition) is 2. The second kappa shape index (κ2) is 12.8. The maximum atomic E-state index is 8.05. The van der Waals surface area contributed by atoms with E-state index in [0.717, 1.165) is 23.7 Å². The molecule has 44 heavy (non-hydrogen) atoms. The highest BCUT2D eigenvalue weighted by atomic mass is 127. The Morgan fingerprint density at radius 3 is 2.23 bits per heavy atom. The summed E-state index contributed by atoms with van der Waals surface area (Å²) in [5.41, 5.74) is 10.4. The van der Waals surface area contributed by atoms with Gasteiger partial charge in [0, 0.05) is 27.7 Å². The molecule has 5 heteroatoms. The van der Waals surface area contributed by atoms with Gasteiger partial charge in [-0.15, -0.1) is 0 Å². The first-order chi connectivity index (χ1) is 20.8. The van der Waals surface area contributed by atoms with Crippen LogP contribution in [0.1, 0.15) is 112 Å². The molecule has 2 aromatic carbocycles. The van der Waals surface area contributed by atoms with Crippen molar-refractivity contribution in [2.75, 3.05) is 11.5 Å². The number of rotatable bonds is 9. The zero-order valence-corrected chi connectivity index (χ0v) is 32.6. The highest BCUT2D eigenvalue weighted by Gasteiger charge is 2.62. The van der Waals surface area contributed by atoms with E-state index in [0.29, 0.717) is 29.3 Å². The van der Waals surface area contributed by atoms with Crippen molar-refractivity contribution in [2.24, 2.45) is 11.3 Å². The maximum absolute atomic E-state index is 8.05. The number of ether oxygens (including phenoxy) is 1. The Hall–Kier alpha value is -1.15. The van der Waals surface area contributed by atoms with Gasteiger partial charge in [0.2, 0.25) is 8.32 Å². The van der Waals surface area contributed by atoms with Crippen molar-refractivity contribution < 1.29 is 9.16 Å².